The molecule has 6 heteroatoms. The van der Waals surface area contributed by atoms with Crippen molar-refractivity contribution in [2.24, 2.45) is 0 Å². The van der Waals surface area contributed by atoms with Crippen LogP contribution < -0.4 is 5.73 Å². The number of fused-ring (bicyclic) bond motifs is 3. The summed E-state index contributed by atoms with van der Waals surface area (Å²) in [5, 5.41) is 1.77. The van der Waals surface area contributed by atoms with Crippen molar-refractivity contribution in [1.82, 2.24) is 14.5 Å². The second-order valence-electron chi connectivity index (χ2n) is 6.10. The van der Waals surface area contributed by atoms with Gasteiger partial charge in [0.05, 0.1) is 17.5 Å². The zero-order valence-corrected chi connectivity index (χ0v) is 14.3. The fourth-order valence-electron chi connectivity index (χ4n) is 3.13. The molecule has 3 aromatic rings. The Hall–Kier alpha value is -2.63. The Morgan fingerprint density at radius 1 is 1.29 bits per heavy atom. The molecular weight excluding hydrogens is 304 g/mol. The highest BCUT2D eigenvalue weighted by Gasteiger charge is 2.19. The maximum Gasteiger partial charge on any atom is 0.326 e. The number of anilines is 1. The molecule has 0 fully saturated rings. The Labute approximate surface area is 140 Å². The van der Waals surface area contributed by atoms with Gasteiger partial charge in [0.2, 0.25) is 0 Å². The maximum atomic E-state index is 12.2. The van der Waals surface area contributed by atoms with Crippen LogP contribution in [0.2, 0.25) is 0 Å². The normalized spacial score (nSPS) is 11.3. The molecule has 3 rings (SSSR count). The van der Waals surface area contributed by atoms with E-state index in [1.54, 1.807) is 0 Å². The third-order valence-corrected chi connectivity index (χ3v) is 4.14. The number of carbonyl (C=O) groups is 1. The van der Waals surface area contributed by atoms with Crippen LogP contribution in [0.3, 0.4) is 0 Å². The summed E-state index contributed by atoms with van der Waals surface area (Å²) in [6, 6.07) is 4.15. The summed E-state index contributed by atoms with van der Waals surface area (Å²) in [6.07, 6.45) is 3.29. The fraction of sp³-hybridized carbons (Fsp3) is 0.389. The first-order valence-electron chi connectivity index (χ1n) is 8.18. The largest absolute Gasteiger partial charge is 0.464 e. The molecule has 1 aromatic carbocycles. The van der Waals surface area contributed by atoms with Gasteiger partial charge in [0, 0.05) is 5.39 Å². The Morgan fingerprint density at radius 3 is 2.83 bits per heavy atom. The molecular formula is C18H22N4O2. The lowest BCUT2D eigenvalue weighted by Gasteiger charge is -2.09. The van der Waals surface area contributed by atoms with E-state index in [1.165, 1.54) is 6.33 Å². The number of esters is 1. The molecule has 2 aromatic heterocycles. The van der Waals surface area contributed by atoms with E-state index in [-0.39, 0.29) is 12.5 Å². The predicted octanol–water partition coefficient (Wildman–Crippen LogP) is 3.13. The monoisotopic (exact) mass is 326 g/mol. The molecule has 0 radical (unpaired) electrons. The van der Waals surface area contributed by atoms with Gasteiger partial charge in [-0.05, 0) is 31.9 Å². The zero-order valence-electron chi connectivity index (χ0n) is 14.3. The van der Waals surface area contributed by atoms with E-state index in [0.29, 0.717) is 18.1 Å². The molecule has 0 atom stereocenters. The number of nitrogen functional groups attached to an aromatic ring is 1. The van der Waals surface area contributed by atoms with Gasteiger partial charge >= 0.3 is 5.97 Å². The lowest BCUT2D eigenvalue weighted by atomic mass is 10.1. The zero-order chi connectivity index (χ0) is 17.3. The lowest BCUT2D eigenvalue weighted by molar-refractivity contribution is -0.144. The Bertz CT molecular complexity index is 914. The predicted molar refractivity (Wildman–Crippen MR) is 94.8 cm³/mol. The van der Waals surface area contributed by atoms with Crippen LogP contribution in [0.1, 0.15) is 30.9 Å². The molecule has 0 aliphatic carbocycles. The number of ether oxygens (including phenoxy) is 1. The minimum absolute atomic E-state index is 0.115. The summed E-state index contributed by atoms with van der Waals surface area (Å²) < 4.78 is 7.19. The standard InChI is InChI=1S/C18H22N4O2/c1-4-5-6-24-14(23)9-22-16-12(3)7-11(2)8-13(16)15-17(19)20-10-21-18(15)22/h7-8,10H,4-6,9H2,1-3H3,(H2,19,20,21). The van der Waals surface area contributed by atoms with Crippen LogP contribution in [0.15, 0.2) is 18.5 Å². The van der Waals surface area contributed by atoms with Gasteiger partial charge in [-0.15, -0.1) is 0 Å². The van der Waals surface area contributed by atoms with Gasteiger partial charge in [-0.3, -0.25) is 4.79 Å². The third-order valence-electron chi connectivity index (χ3n) is 4.14. The molecule has 0 saturated carbocycles. The van der Waals surface area contributed by atoms with Gasteiger partial charge in [-0.25, -0.2) is 9.97 Å². The molecule has 0 unspecified atom stereocenters. The van der Waals surface area contributed by atoms with Crippen molar-refractivity contribution in [3.8, 4) is 0 Å². The van der Waals surface area contributed by atoms with E-state index < -0.39 is 0 Å². The lowest BCUT2D eigenvalue weighted by Crippen LogP contribution is -2.15. The Morgan fingerprint density at radius 2 is 2.08 bits per heavy atom. The molecule has 0 bridgehead atoms. The van der Waals surface area contributed by atoms with Crippen molar-refractivity contribution < 1.29 is 9.53 Å². The van der Waals surface area contributed by atoms with Crippen LogP contribution >= 0.6 is 0 Å². The minimum atomic E-state index is -0.264. The van der Waals surface area contributed by atoms with Crippen molar-refractivity contribution in [2.45, 2.75) is 40.2 Å². The highest BCUT2D eigenvalue weighted by atomic mass is 16.5. The molecule has 0 spiro atoms. The van der Waals surface area contributed by atoms with Gasteiger partial charge in [0.15, 0.2) is 0 Å². The molecule has 0 aliphatic heterocycles. The van der Waals surface area contributed by atoms with Crippen LogP contribution in [0, 0.1) is 13.8 Å². The van der Waals surface area contributed by atoms with Crippen LogP contribution in [0.5, 0.6) is 0 Å². The van der Waals surface area contributed by atoms with Crippen molar-refractivity contribution in [3.63, 3.8) is 0 Å². The molecule has 0 aliphatic rings. The molecule has 24 heavy (non-hydrogen) atoms. The van der Waals surface area contributed by atoms with E-state index in [9.17, 15) is 4.79 Å². The number of rotatable bonds is 5. The van der Waals surface area contributed by atoms with Gasteiger partial charge < -0.3 is 15.0 Å². The smallest absolute Gasteiger partial charge is 0.326 e. The van der Waals surface area contributed by atoms with E-state index in [4.69, 9.17) is 10.5 Å². The van der Waals surface area contributed by atoms with Gasteiger partial charge in [0.1, 0.15) is 24.3 Å². The first-order valence-corrected chi connectivity index (χ1v) is 8.18. The molecule has 2 N–H and O–H groups in total. The first kappa shape index (κ1) is 16.2. The van der Waals surface area contributed by atoms with Crippen LogP contribution in [0.4, 0.5) is 5.82 Å². The highest BCUT2D eigenvalue weighted by Crippen LogP contribution is 2.33. The topological polar surface area (TPSA) is 83.0 Å². The minimum Gasteiger partial charge on any atom is -0.464 e. The second-order valence-corrected chi connectivity index (χ2v) is 6.10. The SMILES string of the molecule is CCCCOC(=O)Cn1c2ncnc(N)c2c2cc(C)cc(C)c21. The quantitative estimate of drug-likeness (QED) is 0.575. The molecule has 0 amide bonds. The fourth-order valence-corrected chi connectivity index (χ4v) is 3.13. The highest BCUT2D eigenvalue weighted by molar-refractivity contribution is 6.12. The second kappa shape index (κ2) is 6.47. The number of unbranched alkanes of at least 4 members (excludes halogenated alkanes) is 1. The van der Waals surface area contributed by atoms with E-state index in [2.05, 4.69) is 29.0 Å². The summed E-state index contributed by atoms with van der Waals surface area (Å²) in [5.41, 5.74) is 9.91. The van der Waals surface area contributed by atoms with Crippen molar-refractivity contribution in [3.05, 3.63) is 29.6 Å². The van der Waals surface area contributed by atoms with Crippen LogP contribution in [-0.2, 0) is 16.1 Å². The molecule has 0 saturated heterocycles. The van der Waals surface area contributed by atoms with E-state index in [0.717, 1.165) is 40.3 Å². The summed E-state index contributed by atoms with van der Waals surface area (Å²) in [4.78, 5) is 20.7. The summed E-state index contributed by atoms with van der Waals surface area (Å²) in [5.74, 6) is 0.160. The van der Waals surface area contributed by atoms with Crippen molar-refractivity contribution >= 4 is 33.7 Å². The summed E-state index contributed by atoms with van der Waals surface area (Å²) in [7, 11) is 0. The van der Waals surface area contributed by atoms with Gasteiger partial charge in [0.25, 0.3) is 0 Å². The Kier molecular flexibility index (Phi) is 4.38. The number of nitrogens with two attached hydrogens (primary N) is 1. The number of benzene rings is 1. The average Bonchev–Trinajstić information content (AvgIpc) is 2.83. The van der Waals surface area contributed by atoms with Crippen molar-refractivity contribution in [2.75, 3.05) is 12.3 Å². The number of aromatic nitrogens is 3. The van der Waals surface area contributed by atoms with Gasteiger partial charge in [-0.2, -0.15) is 0 Å². The maximum absolute atomic E-state index is 12.2. The van der Waals surface area contributed by atoms with Crippen LogP contribution in [-0.4, -0.2) is 27.1 Å². The first-order chi connectivity index (χ1) is 11.5. The summed E-state index contributed by atoms with van der Waals surface area (Å²) in [6.45, 7) is 6.68. The average molecular weight is 326 g/mol. The molecule has 126 valence electrons. The van der Waals surface area contributed by atoms with Crippen LogP contribution in [0.25, 0.3) is 21.9 Å². The third kappa shape index (κ3) is 2.79. The molecule has 6 nitrogen and oxygen atoms in total. The van der Waals surface area contributed by atoms with Gasteiger partial charge in [-0.1, -0.05) is 25.0 Å². The number of hydrogen-bond acceptors (Lipinski definition) is 5. The number of carbonyl (C=O) groups excluding carboxylic acids is 1. The summed E-state index contributed by atoms with van der Waals surface area (Å²) >= 11 is 0. The number of nitrogens with zero attached hydrogens (tertiary/aromatic N) is 3. The van der Waals surface area contributed by atoms with Crippen molar-refractivity contribution in [1.29, 1.82) is 0 Å². The Balaban J connectivity index is 2.15. The van der Waals surface area contributed by atoms with E-state index >= 15 is 0 Å². The number of hydrogen-bond donors (Lipinski definition) is 1. The van der Waals surface area contributed by atoms with E-state index in [1.807, 2.05) is 18.4 Å². The molecule has 2 heterocycles. The number of aryl methyl sites for hydroxylation is 2.